The molecule has 17 heavy (non-hydrogen) atoms. The van der Waals surface area contributed by atoms with E-state index in [0.717, 1.165) is 26.1 Å². The third kappa shape index (κ3) is 3.42. The van der Waals surface area contributed by atoms with Crippen LogP contribution in [0.15, 0.2) is 18.3 Å². The van der Waals surface area contributed by atoms with Crippen molar-refractivity contribution in [3.63, 3.8) is 0 Å². The van der Waals surface area contributed by atoms with E-state index in [4.69, 9.17) is 15.2 Å². The first kappa shape index (κ1) is 11.9. The molecule has 0 aromatic carbocycles. The van der Waals surface area contributed by atoms with Crippen LogP contribution in [0.25, 0.3) is 0 Å². The summed E-state index contributed by atoms with van der Waals surface area (Å²) in [6.07, 6.45) is 3.34. The van der Waals surface area contributed by atoms with Crippen LogP contribution in [0.5, 0.6) is 0 Å². The van der Waals surface area contributed by atoms with Gasteiger partial charge in [-0.3, -0.25) is 0 Å². The third-order valence-corrected chi connectivity index (χ3v) is 2.79. The number of ether oxygens (including phenoxy) is 2. The van der Waals surface area contributed by atoms with Crippen molar-refractivity contribution in [2.75, 3.05) is 25.6 Å². The lowest BCUT2D eigenvalue weighted by molar-refractivity contribution is 0.0181. The summed E-state index contributed by atoms with van der Waals surface area (Å²) in [6, 6.07) is 3.21. The highest BCUT2D eigenvalue weighted by atomic mass is 16.5. The van der Waals surface area contributed by atoms with Crippen LogP contribution in [0.2, 0.25) is 0 Å². The second-order valence-corrected chi connectivity index (χ2v) is 4.13. The zero-order chi connectivity index (χ0) is 12.1. The van der Waals surface area contributed by atoms with Gasteiger partial charge in [0.25, 0.3) is 0 Å². The summed E-state index contributed by atoms with van der Waals surface area (Å²) in [7, 11) is 0. The molecule has 1 aliphatic heterocycles. The molecule has 1 aliphatic rings. The molecule has 2 heterocycles. The van der Waals surface area contributed by atoms with Crippen molar-refractivity contribution in [1.82, 2.24) is 4.98 Å². The Hall–Kier alpha value is -1.62. The summed E-state index contributed by atoms with van der Waals surface area (Å²) >= 11 is 0. The summed E-state index contributed by atoms with van der Waals surface area (Å²) in [5, 5.41) is 0. The molecule has 1 aromatic rings. The maximum absolute atomic E-state index is 11.6. The zero-order valence-corrected chi connectivity index (χ0v) is 9.59. The Morgan fingerprint density at radius 2 is 2.24 bits per heavy atom. The van der Waals surface area contributed by atoms with Gasteiger partial charge >= 0.3 is 5.97 Å². The van der Waals surface area contributed by atoms with Crippen molar-refractivity contribution < 1.29 is 14.3 Å². The Labute approximate surface area is 99.9 Å². The molecule has 5 heteroatoms. The monoisotopic (exact) mass is 236 g/mol. The lowest BCUT2D eigenvalue weighted by Gasteiger charge is -2.21. The smallest absolute Gasteiger partial charge is 0.356 e. The molecule has 0 amide bonds. The van der Waals surface area contributed by atoms with E-state index in [2.05, 4.69) is 4.98 Å². The number of nitrogens with zero attached hydrogens (tertiary/aromatic N) is 1. The lowest BCUT2D eigenvalue weighted by atomic mass is 10.0. The minimum atomic E-state index is -0.392. The van der Waals surface area contributed by atoms with E-state index < -0.39 is 5.97 Å². The van der Waals surface area contributed by atoms with E-state index in [-0.39, 0.29) is 0 Å². The fourth-order valence-electron chi connectivity index (χ4n) is 1.71. The molecule has 2 N–H and O–H groups in total. The number of hydrogen-bond donors (Lipinski definition) is 1. The van der Waals surface area contributed by atoms with Crippen molar-refractivity contribution in [3.8, 4) is 0 Å². The molecule has 5 nitrogen and oxygen atoms in total. The van der Waals surface area contributed by atoms with Crippen molar-refractivity contribution in [1.29, 1.82) is 0 Å². The Balaban J connectivity index is 1.82. The van der Waals surface area contributed by atoms with Crippen molar-refractivity contribution in [2.24, 2.45) is 5.92 Å². The lowest BCUT2D eigenvalue weighted by Crippen LogP contribution is -2.22. The Morgan fingerprint density at radius 3 is 2.88 bits per heavy atom. The standard InChI is InChI=1S/C12H16N2O3/c13-10-1-2-11(14-7-10)12(15)17-8-9-3-5-16-6-4-9/h1-2,7,9H,3-6,8,13H2. The van der Waals surface area contributed by atoms with Crippen LogP contribution in [0.4, 0.5) is 5.69 Å². The number of pyridine rings is 1. The summed E-state index contributed by atoms with van der Waals surface area (Å²) in [5.41, 5.74) is 6.32. The molecule has 0 spiro atoms. The van der Waals surface area contributed by atoms with Crippen LogP contribution in [-0.4, -0.2) is 30.8 Å². The zero-order valence-electron chi connectivity index (χ0n) is 9.59. The topological polar surface area (TPSA) is 74.4 Å². The number of aromatic nitrogens is 1. The summed E-state index contributed by atoms with van der Waals surface area (Å²) in [6.45, 7) is 1.94. The second-order valence-electron chi connectivity index (χ2n) is 4.13. The van der Waals surface area contributed by atoms with Gasteiger partial charge in [0.2, 0.25) is 0 Å². The van der Waals surface area contributed by atoms with Gasteiger partial charge in [-0.15, -0.1) is 0 Å². The van der Waals surface area contributed by atoms with Crippen LogP contribution < -0.4 is 5.73 Å². The van der Waals surface area contributed by atoms with Crippen LogP contribution in [0.3, 0.4) is 0 Å². The van der Waals surface area contributed by atoms with Crippen LogP contribution in [0.1, 0.15) is 23.3 Å². The van der Waals surface area contributed by atoms with E-state index in [1.807, 2.05) is 0 Å². The molecule has 1 saturated heterocycles. The highest BCUT2D eigenvalue weighted by Gasteiger charge is 2.17. The van der Waals surface area contributed by atoms with Gasteiger partial charge < -0.3 is 15.2 Å². The van der Waals surface area contributed by atoms with Crippen LogP contribution >= 0.6 is 0 Å². The van der Waals surface area contributed by atoms with Gasteiger partial charge in [0, 0.05) is 13.2 Å². The van der Waals surface area contributed by atoms with Crippen LogP contribution in [0, 0.1) is 5.92 Å². The van der Waals surface area contributed by atoms with Crippen LogP contribution in [-0.2, 0) is 9.47 Å². The van der Waals surface area contributed by atoms with Gasteiger partial charge in [-0.05, 0) is 30.9 Å². The average Bonchev–Trinajstić information content (AvgIpc) is 2.38. The first-order valence-corrected chi connectivity index (χ1v) is 5.72. The minimum Gasteiger partial charge on any atom is -0.461 e. The van der Waals surface area contributed by atoms with E-state index in [1.54, 1.807) is 12.1 Å². The third-order valence-electron chi connectivity index (χ3n) is 2.79. The Kier molecular flexibility index (Phi) is 3.93. The van der Waals surface area contributed by atoms with Crippen molar-refractivity contribution >= 4 is 11.7 Å². The SMILES string of the molecule is Nc1ccc(C(=O)OCC2CCOCC2)nc1. The van der Waals surface area contributed by atoms with Gasteiger partial charge in [0.05, 0.1) is 18.5 Å². The molecule has 2 rings (SSSR count). The molecule has 0 aliphatic carbocycles. The predicted octanol–water partition coefficient (Wildman–Crippen LogP) is 1.25. The molecule has 0 bridgehead atoms. The summed E-state index contributed by atoms with van der Waals surface area (Å²) < 4.78 is 10.4. The van der Waals surface area contributed by atoms with Gasteiger partial charge in [-0.1, -0.05) is 0 Å². The average molecular weight is 236 g/mol. The Bertz CT molecular complexity index is 372. The van der Waals surface area contributed by atoms with E-state index in [0.29, 0.717) is 23.9 Å². The second kappa shape index (κ2) is 5.63. The normalized spacial score (nSPS) is 16.7. The minimum absolute atomic E-state index is 0.297. The molecule has 1 fully saturated rings. The van der Waals surface area contributed by atoms with E-state index in [9.17, 15) is 4.79 Å². The van der Waals surface area contributed by atoms with E-state index in [1.165, 1.54) is 6.20 Å². The summed E-state index contributed by atoms with van der Waals surface area (Å²) in [4.78, 5) is 15.6. The number of anilines is 1. The predicted molar refractivity (Wildman–Crippen MR) is 62.5 cm³/mol. The maximum Gasteiger partial charge on any atom is 0.356 e. The highest BCUT2D eigenvalue weighted by Crippen LogP contribution is 2.15. The molecule has 1 aromatic heterocycles. The first-order chi connectivity index (χ1) is 8.25. The summed E-state index contributed by atoms with van der Waals surface area (Å²) in [5.74, 6) is 0.0120. The van der Waals surface area contributed by atoms with Crippen molar-refractivity contribution in [3.05, 3.63) is 24.0 Å². The first-order valence-electron chi connectivity index (χ1n) is 5.72. The number of esters is 1. The number of hydrogen-bond acceptors (Lipinski definition) is 5. The number of carbonyl (C=O) groups excluding carboxylic acids is 1. The number of rotatable bonds is 3. The number of nitrogens with two attached hydrogens (primary N) is 1. The molecule has 0 atom stereocenters. The maximum atomic E-state index is 11.6. The van der Waals surface area contributed by atoms with E-state index >= 15 is 0 Å². The largest absolute Gasteiger partial charge is 0.461 e. The highest BCUT2D eigenvalue weighted by molar-refractivity contribution is 5.87. The Morgan fingerprint density at radius 1 is 1.47 bits per heavy atom. The molecule has 92 valence electrons. The molecule has 0 unspecified atom stereocenters. The number of carbonyl (C=O) groups is 1. The quantitative estimate of drug-likeness (QED) is 0.799. The van der Waals surface area contributed by atoms with Gasteiger partial charge in [0.1, 0.15) is 5.69 Å². The molecular weight excluding hydrogens is 220 g/mol. The fraction of sp³-hybridized carbons (Fsp3) is 0.500. The van der Waals surface area contributed by atoms with Gasteiger partial charge in [0.15, 0.2) is 0 Å². The van der Waals surface area contributed by atoms with Crippen molar-refractivity contribution in [2.45, 2.75) is 12.8 Å². The molecular formula is C12H16N2O3. The molecule has 0 saturated carbocycles. The van der Waals surface area contributed by atoms with Gasteiger partial charge in [-0.2, -0.15) is 0 Å². The van der Waals surface area contributed by atoms with Gasteiger partial charge in [-0.25, -0.2) is 9.78 Å². The number of nitrogen functional groups attached to an aromatic ring is 1. The molecule has 0 radical (unpaired) electrons. The fourth-order valence-corrected chi connectivity index (χ4v) is 1.71.